The van der Waals surface area contributed by atoms with E-state index in [-0.39, 0.29) is 5.91 Å². The predicted octanol–water partition coefficient (Wildman–Crippen LogP) is 1.52. The molecule has 1 unspecified atom stereocenters. The van der Waals surface area contributed by atoms with Gasteiger partial charge in [0.2, 0.25) is 0 Å². The zero-order valence-corrected chi connectivity index (χ0v) is 15.5. The summed E-state index contributed by atoms with van der Waals surface area (Å²) < 4.78 is 2.06. The first-order valence-electron chi connectivity index (χ1n) is 9.31. The van der Waals surface area contributed by atoms with Crippen molar-refractivity contribution in [1.82, 2.24) is 29.7 Å². The van der Waals surface area contributed by atoms with E-state index in [1.165, 1.54) is 0 Å². The number of benzene rings is 1. The molecule has 8 nitrogen and oxygen atoms in total. The molecule has 8 heteroatoms. The summed E-state index contributed by atoms with van der Waals surface area (Å²) in [5.41, 5.74) is 7.67. The van der Waals surface area contributed by atoms with E-state index in [1.54, 1.807) is 6.07 Å². The molecule has 3 heterocycles. The van der Waals surface area contributed by atoms with Crippen LogP contribution in [0.2, 0.25) is 0 Å². The number of hydrogen-bond acceptors (Lipinski definition) is 5. The number of carbonyl (C=O) groups excluding carboxylic acids is 1. The lowest BCUT2D eigenvalue weighted by atomic mass is 9.98. The SMILES string of the molecule is Cn1ccnc1CN1CCCC(CNC(=O)c2cccc3[nH]c(N)nc23)C1. The number of aromatic nitrogens is 4. The number of piperidine rings is 1. The number of anilines is 1. The van der Waals surface area contributed by atoms with Gasteiger partial charge in [0, 0.05) is 32.5 Å². The van der Waals surface area contributed by atoms with E-state index >= 15 is 0 Å². The van der Waals surface area contributed by atoms with E-state index in [0.717, 1.165) is 43.8 Å². The largest absolute Gasteiger partial charge is 0.369 e. The van der Waals surface area contributed by atoms with Gasteiger partial charge in [0.25, 0.3) is 5.91 Å². The van der Waals surface area contributed by atoms with Gasteiger partial charge >= 0.3 is 0 Å². The van der Waals surface area contributed by atoms with Crippen molar-refractivity contribution in [2.45, 2.75) is 19.4 Å². The molecule has 0 bridgehead atoms. The van der Waals surface area contributed by atoms with E-state index in [1.807, 2.05) is 31.6 Å². The summed E-state index contributed by atoms with van der Waals surface area (Å²) in [5, 5.41) is 3.08. The third-order valence-corrected chi connectivity index (χ3v) is 5.22. The Kier molecular flexibility index (Phi) is 4.81. The molecule has 0 saturated carbocycles. The maximum atomic E-state index is 12.7. The number of nitrogens with two attached hydrogens (primary N) is 1. The smallest absolute Gasteiger partial charge is 0.253 e. The third kappa shape index (κ3) is 3.80. The topological polar surface area (TPSA) is 105 Å². The van der Waals surface area contributed by atoms with Gasteiger partial charge in [0.05, 0.1) is 17.6 Å². The minimum absolute atomic E-state index is 0.103. The van der Waals surface area contributed by atoms with Crippen LogP contribution >= 0.6 is 0 Å². The number of rotatable bonds is 5. The van der Waals surface area contributed by atoms with Crippen molar-refractivity contribution in [3.8, 4) is 0 Å². The van der Waals surface area contributed by atoms with Gasteiger partial charge in [-0.25, -0.2) is 9.97 Å². The molecule has 1 aliphatic heterocycles. The fourth-order valence-electron chi connectivity index (χ4n) is 3.78. The Balaban J connectivity index is 1.36. The van der Waals surface area contributed by atoms with Gasteiger partial charge in [-0.1, -0.05) is 6.07 Å². The summed E-state index contributed by atoms with van der Waals surface area (Å²) >= 11 is 0. The summed E-state index contributed by atoms with van der Waals surface area (Å²) in [6, 6.07) is 5.49. The van der Waals surface area contributed by atoms with Crippen molar-refractivity contribution < 1.29 is 4.79 Å². The van der Waals surface area contributed by atoms with Crippen LogP contribution in [-0.2, 0) is 13.6 Å². The van der Waals surface area contributed by atoms with Gasteiger partial charge in [-0.05, 0) is 37.4 Å². The summed E-state index contributed by atoms with van der Waals surface area (Å²) in [7, 11) is 2.02. The quantitative estimate of drug-likeness (QED) is 0.634. The molecule has 2 aromatic heterocycles. The van der Waals surface area contributed by atoms with Crippen molar-refractivity contribution >= 4 is 22.9 Å². The number of aromatic amines is 1. The van der Waals surface area contributed by atoms with Crippen LogP contribution in [-0.4, -0.2) is 50.0 Å². The fourth-order valence-corrected chi connectivity index (χ4v) is 3.78. The van der Waals surface area contributed by atoms with Crippen LogP contribution in [0.5, 0.6) is 0 Å². The minimum Gasteiger partial charge on any atom is -0.369 e. The first-order chi connectivity index (χ1) is 13.1. The highest BCUT2D eigenvalue weighted by Gasteiger charge is 2.22. The van der Waals surface area contributed by atoms with Crippen LogP contribution in [0.3, 0.4) is 0 Å². The molecule has 4 rings (SSSR count). The molecule has 27 heavy (non-hydrogen) atoms. The number of nitrogens with zero attached hydrogens (tertiary/aromatic N) is 4. The van der Waals surface area contributed by atoms with Crippen LogP contribution in [0.15, 0.2) is 30.6 Å². The Morgan fingerprint density at radius 3 is 3.15 bits per heavy atom. The minimum atomic E-state index is -0.103. The molecule has 0 radical (unpaired) electrons. The van der Waals surface area contributed by atoms with E-state index in [4.69, 9.17) is 5.73 Å². The summed E-state index contributed by atoms with van der Waals surface area (Å²) in [6.07, 6.45) is 6.06. The van der Waals surface area contributed by atoms with Crippen molar-refractivity contribution in [3.05, 3.63) is 42.0 Å². The Labute approximate surface area is 157 Å². The van der Waals surface area contributed by atoms with Crippen molar-refractivity contribution in [2.75, 3.05) is 25.4 Å². The lowest BCUT2D eigenvalue weighted by Gasteiger charge is -2.32. The number of likely N-dealkylation sites (tertiary alicyclic amines) is 1. The van der Waals surface area contributed by atoms with Crippen LogP contribution in [0.25, 0.3) is 11.0 Å². The number of aryl methyl sites for hydroxylation is 1. The Bertz CT molecular complexity index is 945. The second-order valence-electron chi connectivity index (χ2n) is 7.23. The molecule has 1 aliphatic rings. The van der Waals surface area contributed by atoms with Crippen molar-refractivity contribution in [2.24, 2.45) is 13.0 Å². The second-order valence-corrected chi connectivity index (χ2v) is 7.23. The highest BCUT2D eigenvalue weighted by Crippen LogP contribution is 2.19. The van der Waals surface area contributed by atoms with Crippen LogP contribution in [0.4, 0.5) is 5.95 Å². The predicted molar refractivity (Wildman–Crippen MR) is 104 cm³/mol. The number of hydrogen-bond donors (Lipinski definition) is 3. The average molecular weight is 367 g/mol. The van der Waals surface area contributed by atoms with E-state index in [9.17, 15) is 4.79 Å². The zero-order valence-electron chi connectivity index (χ0n) is 15.5. The number of nitrogen functional groups attached to an aromatic ring is 1. The van der Waals surface area contributed by atoms with Crippen LogP contribution in [0.1, 0.15) is 29.0 Å². The standard InChI is InChI=1S/C19H25N7O/c1-25-9-7-21-16(25)12-26-8-3-4-13(11-26)10-22-18(27)14-5-2-6-15-17(14)24-19(20)23-15/h2,5-7,9,13H,3-4,8,10-12H2,1H3,(H,22,27)(H3,20,23,24). The van der Waals surface area contributed by atoms with Crippen molar-refractivity contribution in [1.29, 1.82) is 0 Å². The Morgan fingerprint density at radius 1 is 1.44 bits per heavy atom. The highest BCUT2D eigenvalue weighted by atomic mass is 16.1. The molecule has 1 saturated heterocycles. The second kappa shape index (κ2) is 7.40. The number of amides is 1. The maximum absolute atomic E-state index is 12.7. The third-order valence-electron chi connectivity index (χ3n) is 5.22. The Hall–Kier alpha value is -2.87. The average Bonchev–Trinajstić information content (AvgIpc) is 3.24. The molecule has 4 N–H and O–H groups in total. The summed E-state index contributed by atoms with van der Waals surface area (Å²) in [4.78, 5) is 26.7. The van der Waals surface area contributed by atoms with Crippen LogP contribution < -0.4 is 11.1 Å². The molecular formula is C19H25N7O. The fraction of sp³-hybridized carbons (Fsp3) is 0.421. The van der Waals surface area contributed by atoms with Crippen molar-refractivity contribution in [3.63, 3.8) is 0 Å². The molecule has 1 atom stereocenters. The molecule has 0 spiro atoms. The number of carbonyl (C=O) groups is 1. The van der Waals surface area contributed by atoms with Gasteiger partial charge in [-0.2, -0.15) is 0 Å². The molecule has 142 valence electrons. The van der Waals surface area contributed by atoms with Gasteiger partial charge < -0.3 is 20.6 Å². The highest BCUT2D eigenvalue weighted by molar-refractivity contribution is 6.05. The number of para-hydroxylation sites is 1. The lowest BCUT2D eigenvalue weighted by molar-refractivity contribution is 0.0931. The van der Waals surface area contributed by atoms with E-state index < -0.39 is 0 Å². The zero-order chi connectivity index (χ0) is 18.8. The normalized spacial score (nSPS) is 18.0. The molecule has 1 fully saturated rings. The summed E-state index contributed by atoms with van der Waals surface area (Å²) in [6.45, 7) is 3.54. The van der Waals surface area contributed by atoms with E-state index in [2.05, 4.69) is 29.7 Å². The molecule has 1 amide bonds. The molecular weight excluding hydrogens is 342 g/mol. The van der Waals surface area contributed by atoms with Gasteiger partial charge in [0.15, 0.2) is 5.95 Å². The number of imidazole rings is 2. The first-order valence-corrected chi connectivity index (χ1v) is 9.31. The number of nitrogens with one attached hydrogen (secondary N) is 2. The molecule has 0 aliphatic carbocycles. The van der Waals surface area contributed by atoms with Gasteiger partial charge in [-0.15, -0.1) is 0 Å². The van der Waals surface area contributed by atoms with Gasteiger partial charge in [-0.3, -0.25) is 9.69 Å². The molecule has 3 aromatic rings. The van der Waals surface area contributed by atoms with Crippen LogP contribution in [0, 0.1) is 5.92 Å². The number of H-pyrrole nitrogens is 1. The monoisotopic (exact) mass is 367 g/mol. The molecule has 1 aromatic carbocycles. The van der Waals surface area contributed by atoms with Gasteiger partial charge in [0.1, 0.15) is 11.3 Å². The van der Waals surface area contributed by atoms with E-state index in [0.29, 0.717) is 29.5 Å². The number of fused-ring (bicyclic) bond motifs is 1. The first kappa shape index (κ1) is 17.5. The lowest BCUT2D eigenvalue weighted by Crippen LogP contribution is -2.41. The maximum Gasteiger partial charge on any atom is 0.253 e. The Morgan fingerprint density at radius 2 is 2.33 bits per heavy atom. The summed E-state index contributed by atoms with van der Waals surface area (Å²) in [5.74, 6) is 1.73.